The minimum Gasteiger partial charge on any atom is -0.497 e. The fraction of sp³-hybridized carbons (Fsp3) is 0.190. The van der Waals surface area contributed by atoms with E-state index in [2.05, 4.69) is 11.1 Å². The van der Waals surface area contributed by atoms with Crippen molar-refractivity contribution in [2.24, 2.45) is 0 Å². The Balaban J connectivity index is 1.83. The maximum Gasteiger partial charge on any atom is 0.243 e. The van der Waals surface area contributed by atoms with Gasteiger partial charge in [-0.05, 0) is 53.4 Å². The van der Waals surface area contributed by atoms with Crippen molar-refractivity contribution in [3.8, 4) is 5.75 Å². The highest BCUT2D eigenvalue weighted by molar-refractivity contribution is 7.89. The molecule has 2 aromatic carbocycles. The standard InChI is InChI=1S/C21H20N2O3S/c1-26-18-8-10-19(11-9-18)27(24,25)23-14-12-16-5-2-3-7-20(16)21(23)17-6-4-13-22-15-17/h2-11,13,15,21H,12,14H2,1H3. The molecular weight excluding hydrogens is 360 g/mol. The number of nitrogens with zero attached hydrogens (tertiary/aromatic N) is 2. The molecule has 0 aliphatic carbocycles. The maximum atomic E-state index is 13.4. The third-order valence-corrected chi connectivity index (χ3v) is 6.78. The minimum atomic E-state index is -3.68. The van der Waals surface area contributed by atoms with Crippen molar-refractivity contribution in [3.05, 3.63) is 89.7 Å². The summed E-state index contributed by atoms with van der Waals surface area (Å²) in [7, 11) is -2.12. The first-order valence-corrected chi connectivity index (χ1v) is 10.2. The highest BCUT2D eigenvalue weighted by atomic mass is 32.2. The van der Waals surface area contributed by atoms with E-state index in [1.54, 1.807) is 48.1 Å². The summed E-state index contributed by atoms with van der Waals surface area (Å²) in [6.45, 7) is 0.422. The Bertz CT molecular complexity index is 1030. The van der Waals surface area contributed by atoms with Crippen molar-refractivity contribution in [2.45, 2.75) is 17.4 Å². The Morgan fingerprint density at radius 1 is 1.04 bits per heavy atom. The van der Waals surface area contributed by atoms with Crippen molar-refractivity contribution in [3.63, 3.8) is 0 Å². The average molecular weight is 380 g/mol. The second kappa shape index (κ2) is 7.13. The summed E-state index contributed by atoms with van der Waals surface area (Å²) >= 11 is 0. The van der Waals surface area contributed by atoms with Crippen LogP contribution in [0, 0.1) is 0 Å². The minimum absolute atomic E-state index is 0.261. The normalized spacial score (nSPS) is 17.3. The van der Waals surface area contributed by atoms with Crippen LogP contribution < -0.4 is 4.74 Å². The van der Waals surface area contributed by atoms with E-state index in [1.807, 2.05) is 30.3 Å². The van der Waals surface area contributed by atoms with Crippen molar-refractivity contribution in [2.75, 3.05) is 13.7 Å². The number of methoxy groups -OCH3 is 1. The highest BCUT2D eigenvalue weighted by Crippen LogP contribution is 2.38. The first-order chi connectivity index (χ1) is 13.1. The average Bonchev–Trinajstić information content (AvgIpc) is 2.73. The van der Waals surface area contributed by atoms with E-state index in [-0.39, 0.29) is 4.90 Å². The molecule has 2 heterocycles. The van der Waals surface area contributed by atoms with Gasteiger partial charge in [0.1, 0.15) is 5.75 Å². The van der Waals surface area contributed by atoms with Crippen molar-refractivity contribution >= 4 is 10.0 Å². The lowest BCUT2D eigenvalue weighted by atomic mass is 9.91. The summed E-state index contributed by atoms with van der Waals surface area (Å²) in [5.41, 5.74) is 3.04. The number of sulfonamides is 1. The Morgan fingerprint density at radius 3 is 2.52 bits per heavy atom. The number of hydrogen-bond donors (Lipinski definition) is 0. The van der Waals surface area contributed by atoms with E-state index in [4.69, 9.17) is 4.74 Å². The molecule has 138 valence electrons. The Hall–Kier alpha value is -2.70. The SMILES string of the molecule is COc1ccc(S(=O)(=O)N2CCc3ccccc3C2c2cccnc2)cc1. The second-order valence-corrected chi connectivity index (χ2v) is 8.32. The number of rotatable bonds is 4. The number of ether oxygens (including phenoxy) is 1. The van der Waals surface area contributed by atoms with Crippen LogP contribution in [0.3, 0.4) is 0 Å². The summed E-state index contributed by atoms with van der Waals surface area (Å²) in [5, 5.41) is 0. The number of aromatic nitrogens is 1. The van der Waals surface area contributed by atoms with Gasteiger partial charge >= 0.3 is 0 Å². The fourth-order valence-corrected chi connectivity index (χ4v) is 5.16. The van der Waals surface area contributed by atoms with Crippen LogP contribution in [0.25, 0.3) is 0 Å². The first-order valence-electron chi connectivity index (χ1n) is 8.75. The molecule has 0 N–H and O–H groups in total. The summed E-state index contributed by atoms with van der Waals surface area (Å²) in [4.78, 5) is 4.47. The molecule has 5 nitrogen and oxygen atoms in total. The monoisotopic (exact) mass is 380 g/mol. The molecule has 3 aromatic rings. The Morgan fingerprint density at radius 2 is 1.81 bits per heavy atom. The molecule has 1 aromatic heterocycles. The number of benzene rings is 2. The third-order valence-electron chi connectivity index (χ3n) is 4.91. The number of fused-ring (bicyclic) bond motifs is 1. The van der Waals surface area contributed by atoms with E-state index < -0.39 is 16.1 Å². The molecule has 1 aliphatic rings. The number of pyridine rings is 1. The van der Waals surface area contributed by atoms with Gasteiger partial charge in [-0.1, -0.05) is 30.3 Å². The molecule has 6 heteroatoms. The van der Waals surface area contributed by atoms with Crippen LogP contribution >= 0.6 is 0 Å². The van der Waals surface area contributed by atoms with E-state index in [0.29, 0.717) is 18.7 Å². The van der Waals surface area contributed by atoms with E-state index in [0.717, 1.165) is 11.1 Å². The lowest BCUT2D eigenvalue weighted by Crippen LogP contribution is -2.40. The maximum absolute atomic E-state index is 13.4. The van der Waals surface area contributed by atoms with Crippen molar-refractivity contribution in [1.29, 1.82) is 0 Å². The zero-order valence-electron chi connectivity index (χ0n) is 14.9. The third kappa shape index (κ3) is 3.22. The zero-order chi connectivity index (χ0) is 18.9. The van der Waals surface area contributed by atoms with Crippen LogP contribution in [0.5, 0.6) is 5.75 Å². The van der Waals surface area contributed by atoms with Gasteiger partial charge in [0, 0.05) is 18.9 Å². The smallest absolute Gasteiger partial charge is 0.243 e. The molecule has 0 amide bonds. The lowest BCUT2D eigenvalue weighted by molar-refractivity contribution is 0.343. The summed E-state index contributed by atoms with van der Waals surface area (Å²) < 4.78 is 33.6. The van der Waals surface area contributed by atoms with Gasteiger partial charge in [-0.25, -0.2) is 8.42 Å². The van der Waals surface area contributed by atoms with Crippen LogP contribution in [0.1, 0.15) is 22.7 Å². The predicted molar refractivity (Wildman–Crippen MR) is 103 cm³/mol. The van der Waals surface area contributed by atoms with Gasteiger partial charge in [-0.15, -0.1) is 0 Å². The van der Waals surface area contributed by atoms with Crippen LogP contribution in [-0.2, 0) is 16.4 Å². The van der Waals surface area contributed by atoms with E-state index in [1.165, 1.54) is 5.56 Å². The van der Waals surface area contributed by atoms with E-state index >= 15 is 0 Å². The Labute approximate surface area is 159 Å². The van der Waals surface area contributed by atoms with Gasteiger partial charge in [0.25, 0.3) is 0 Å². The lowest BCUT2D eigenvalue weighted by Gasteiger charge is -2.36. The molecule has 27 heavy (non-hydrogen) atoms. The van der Waals surface area contributed by atoms with Crippen molar-refractivity contribution in [1.82, 2.24) is 9.29 Å². The summed E-state index contributed by atoms with van der Waals surface area (Å²) in [5.74, 6) is 0.627. The molecule has 0 saturated carbocycles. The van der Waals surface area contributed by atoms with Crippen LogP contribution in [0.2, 0.25) is 0 Å². The summed E-state index contributed by atoms with van der Waals surface area (Å²) in [6, 6.07) is 17.9. The van der Waals surface area contributed by atoms with E-state index in [9.17, 15) is 8.42 Å². The van der Waals surface area contributed by atoms with Crippen LogP contribution in [0.15, 0.2) is 78.0 Å². The predicted octanol–water partition coefficient (Wildman–Crippen LogP) is 3.43. The topological polar surface area (TPSA) is 59.5 Å². The molecule has 0 radical (unpaired) electrons. The molecule has 1 unspecified atom stereocenters. The zero-order valence-corrected chi connectivity index (χ0v) is 15.8. The molecule has 0 saturated heterocycles. The second-order valence-electron chi connectivity index (χ2n) is 6.43. The first kappa shape index (κ1) is 17.7. The molecule has 4 rings (SSSR count). The number of hydrogen-bond acceptors (Lipinski definition) is 4. The van der Waals surface area contributed by atoms with Crippen molar-refractivity contribution < 1.29 is 13.2 Å². The highest BCUT2D eigenvalue weighted by Gasteiger charge is 2.37. The van der Waals surface area contributed by atoms with Gasteiger partial charge in [0.2, 0.25) is 10.0 Å². The Kier molecular flexibility index (Phi) is 4.68. The quantitative estimate of drug-likeness (QED) is 0.696. The molecule has 0 spiro atoms. The van der Waals surface area contributed by atoms with Gasteiger partial charge in [-0.3, -0.25) is 4.98 Å². The molecule has 1 atom stereocenters. The van der Waals surface area contributed by atoms with Crippen LogP contribution in [0.4, 0.5) is 0 Å². The fourth-order valence-electron chi connectivity index (χ4n) is 3.57. The summed E-state index contributed by atoms with van der Waals surface area (Å²) in [6.07, 6.45) is 4.12. The van der Waals surface area contributed by atoms with Gasteiger partial charge < -0.3 is 4.74 Å². The van der Waals surface area contributed by atoms with Gasteiger partial charge in [0.05, 0.1) is 18.0 Å². The molecule has 0 bridgehead atoms. The van der Waals surface area contributed by atoms with Crippen LogP contribution in [-0.4, -0.2) is 31.4 Å². The van der Waals surface area contributed by atoms with Gasteiger partial charge in [-0.2, -0.15) is 4.31 Å². The largest absolute Gasteiger partial charge is 0.497 e. The molecule has 1 aliphatic heterocycles. The van der Waals surface area contributed by atoms with Gasteiger partial charge in [0.15, 0.2) is 0 Å². The molecule has 0 fully saturated rings. The molecular formula is C21H20N2O3S.